The molecule has 1 unspecified atom stereocenters. The molecule has 0 fully saturated rings. The molecule has 1 aromatic rings. The van der Waals surface area contributed by atoms with Crippen molar-refractivity contribution in [2.45, 2.75) is 88.1 Å². The highest BCUT2D eigenvalue weighted by atomic mass is 32.2. The van der Waals surface area contributed by atoms with Gasteiger partial charge in [0.1, 0.15) is 5.60 Å². The molecule has 16 heteroatoms. The monoisotopic (exact) mass is 614 g/mol. The molecule has 1 aromatic carbocycles. The van der Waals surface area contributed by atoms with Crippen LogP contribution in [0.1, 0.15) is 69.4 Å². The first-order valence-corrected chi connectivity index (χ1v) is 13.5. The van der Waals surface area contributed by atoms with Gasteiger partial charge in [0.2, 0.25) is 0 Å². The molecule has 2 N–H and O–H groups in total. The van der Waals surface area contributed by atoms with E-state index in [0.29, 0.717) is 38.2 Å². The Kier molecular flexibility index (Phi) is 12.4. The van der Waals surface area contributed by atoms with Crippen molar-refractivity contribution < 1.29 is 58.0 Å². The number of alkyl halides is 10. The Hall–Kier alpha value is -2.41. The Morgan fingerprint density at radius 2 is 1.45 bits per heavy atom. The van der Waals surface area contributed by atoms with Crippen molar-refractivity contribution in [3.8, 4) is 6.07 Å². The highest BCUT2D eigenvalue weighted by Gasteiger charge is 2.72. The number of aliphatic hydroxyl groups is 1. The SMILES string of the molecule is C[C@](O)(CCCCCCCCS(=O)CCC(F)(F)C(F)(F)C(F)(F)F)C(=O)Nc1ccc(C#N)c(C(F)(F)F)c1. The lowest BCUT2D eigenvalue weighted by Gasteiger charge is -2.27. The van der Waals surface area contributed by atoms with Crippen molar-refractivity contribution in [3.05, 3.63) is 29.3 Å². The minimum atomic E-state index is -6.43. The standard InChI is InChI=1S/C24H28F10N2O3S/c1-20(38,19(37)36-17-9-8-16(15-35)18(14-17)22(27,28)29)10-6-4-2-3-5-7-12-40(39)13-11-21(25,26)23(30,31)24(32,33)34/h8-9,14,38H,2-7,10-13H2,1H3,(H,36,37)/t20-,40?/m0/s1. The first-order valence-electron chi connectivity index (χ1n) is 12.0. The summed E-state index contributed by atoms with van der Waals surface area (Å²) in [6.45, 7) is 1.18. The number of nitrogens with one attached hydrogen (secondary N) is 1. The molecule has 0 spiro atoms. The predicted molar refractivity (Wildman–Crippen MR) is 126 cm³/mol. The van der Waals surface area contributed by atoms with Crippen LogP contribution >= 0.6 is 0 Å². The van der Waals surface area contributed by atoms with Crippen LogP contribution in [0.15, 0.2) is 18.2 Å². The first kappa shape index (κ1) is 35.6. The average molecular weight is 615 g/mol. The smallest absolute Gasteiger partial charge is 0.380 e. The Morgan fingerprint density at radius 1 is 0.900 bits per heavy atom. The molecule has 0 radical (unpaired) electrons. The molecule has 0 aliphatic rings. The summed E-state index contributed by atoms with van der Waals surface area (Å²) in [6, 6.07) is 3.98. The normalized spacial score (nSPS) is 15.3. The maximum Gasteiger partial charge on any atom is 0.459 e. The number of hydrogen-bond acceptors (Lipinski definition) is 4. The summed E-state index contributed by atoms with van der Waals surface area (Å²) in [6.07, 6.45) is -10.5. The van der Waals surface area contributed by atoms with Crippen LogP contribution in [0.5, 0.6) is 0 Å². The van der Waals surface area contributed by atoms with Gasteiger partial charge in [0.25, 0.3) is 5.91 Å². The third-order valence-electron chi connectivity index (χ3n) is 5.94. The van der Waals surface area contributed by atoms with E-state index < -0.39 is 69.8 Å². The molecule has 0 aromatic heterocycles. The van der Waals surface area contributed by atoms with Gasteiger partial charge in [-0.1, -0.05) is 32.1 Å². The second-order valence-corrected chi connectivity index (χ2v) is 11.0. The Balaban J connectivity index is 2.36. The fraction of sp³-hybridized carbons (Fsp3) is 0.667. The van der Waals surface area contributed by atoms with Crippen LogP contribution in [0.3, 0.4) is 0 Å². The van der Waals surface area contributed by atoms with Crippen LogP contribution in [0.25, 0.3) is 0 Å². The number of amides is 1. The van der Waals surface area contributed by atoms with E-state index in [1.807, 2.05) is 0 Å². The van der Waals surface area contributed by atoms with Crippen LogP contribution < -0.4 is 5.32 Å². The molecule has 228 valence electrons. The van der Waals surface area contributed by atoms with E-state index in [1.54, 1.807) is 0 Å². The number of hydrogen-bond donors (Lipinski definition) is 2. The molecule has 5 nitrogen and oxygen atoms in total. The highest BCUT2D eigenvalue weighted by Crippen LogP contribution is 2.48. The molecular weight excluding hydrogens is 586 g/mol. The molecule has 0 bridgehead atoms. The molecule has 0 aliphatic heterocycles. The summed E-state index contributed by atoms with van der Waals surface area (Å²) in [4.78, 5) is 12.4. The summed E-state index contributed by atoms with van der Waals surface area (Å²) in [5, 5.41) is 21.4. The summed E-state index contributed by atoms with van der Waals surface area (Å²) < 4.78 is 139. The Morgan fingerprint density at radius 3 is 1.98 bits per heavy atom. The van der Waals surface area contributed by atoms with E-state index in [9.17, 15) is 58.0 Å². The molecule has 0 aliphatic carbocycles. The lowest BCUT2D eigenvalue weighted by Crippen LogP contribution is -2.52. The summed E-state index contributed by atoms with van der Waals surface area (Å²) >= 11 is 0. The maximum absolute atomic E-state index is 13.3. The van der Waals surface area contributed by atoms with Crippen LogP contribution in [0.2, 0.25) is 0 Å². The van der Waals surface area contributed by atoms with Crippen molar-refractivity contribution in [3.63, 3.8) is 0 Å². The van der Waals surface area contributed by atoms with Crippen LogP contribution in [-0.4, -0.2) is 50.4 Å². The number of anilines is 1. The van der Waals surface area contributed by atoms with Crippen molar-refractivity contribution in [1.29, 1.82) is 5.26 Å². The number of carbonyl (C=O) groups is 1. The minimum absolute atomic E-state index is 0.0397. The van der Waals surface area contributed by atoms with E-state index in [2.05, 4.69) is 5.32 Å². The zero-order chi connectivity index (χ0) is 31.0. The molecule has 0 heterocycles. The van der Waals surface area contributed by atoms with Crippen molar-refractivity contribution >= 4 is 22.4 Å². The lowest BCUT2D eigenvalue weighted by molar-refractivity contribution is -0.354. The Bertz CT molecular complexity index is 1070. The van der Waals surface area contributed by atoms with Gasteiger partial charge in [-0.05, 0) is 38.0 Å². The van der Waals surface area contributed by atoms with Crippen LogP contribution in [0.4, 0.5) is 49.6 Å². The highest BCUT2D eigenvalue weighted by molar-refractivity contribution is 7.84. The second kappa shape index (κ2) is 14.0. The van der Waals surface area contributed by atoms with Gasteiger partial charge in [-0.15, -0.1) is 0 Å². The topological polar surface area (TPSA) is 90.2 Å². The van der Waals surface area contributed by atoms with E-state index in [-0.39, 0.29) is 24.3 Å². The van der Waals surface area contributed by atoms with Gasteiger partial charge in [0.05, 0.1) is 17.2 Å². The fourth-order valence-electron chi connectivity index (χ4n) is 3.48. The van der Waals surface area contributed by atoms with Gasteiger partial charge in [0, 0.05) is 34.4 Å². The van der Waals surface area contributed by atoms with Crippen molar-refractivity contribution in [2.75, 3.05) is 16.8 Å². The third-order valence-corrected chi connectivity index (χ3v) is 7.34. The zero-order valence-electron chi connectivity index (χ0n) is 21.2. The molecule has 1 amide bonds. The number of unbranched alkanes of at least 4 members (excludes halogenated alkanes) is 5. The largest absolute Gasteiger partial charge is 0.459 e. The summed E-state index contributed by atoms with van der Waals surface area (Å²) in [7, 11) is -2.02. The van der Waals surface area contributed by atoms with Gasteiger partial charge in [-0.2, -0.15) is 49.2 Å². The van der Waals surface area contributed by atoms with Crippen LogP contribution in [-0.2, 0) is 21.8 Å². The fourth-order valence-corrected chi connectivity index (χ4v) is 4.70. The van der Waals surface area contributed by atoms with Gasteiger partial charge in [-0.25, -0.2) is 0 Å². The minimum Gasteiger partial charge on any atom is -0.380 e. The molecular formula is C24H28F10N2O3S. The molecule has 0 saturated carbocycles. The van der Waals surface area contributed by atoms with Gasteiger partial charge in [-0.3, -0.25) is 9.00 Å². The second-order valence-electron chi connectivity index (χ2n) is 9.34. The molecule has 0 saturated heterocycles. The van der Waals surface area contributed by atoms with E-state index in [4.69, 9.17) is 5.26 Å². The summed E-state index contributed by atoms with van der Waals surface area (Å²) in [5.74, 6) is -13.7. The lowest BCUT2D eigenvalue weighted by atomic mass is 9.96. The van der Waals surface area contributed by atoms with Gasteiger partial charge < -0.3 is 10.4 Å². The number of rotatable bonds is 15. The number of nitrogens with zero attached hydrogens (tertiary/aromatic N) is 1. The maximum atomic E-state index is 13.3. The molecule has 1 rings (SSSR count). The van der Waals surface area contributed by atoms with Gasteiger partial charge >= 0.3 is 24.2 Å². The average Bonchev–Trinajstić information content (AvgIpc) is 2.83. The number of benzene rings is 1. The zero-order valence-corrected chi connectivity index (χ0v) is 22.0. The molecule has 2 atom stereocenters. The number of halogens is 10. The number of carbonyl (C=O) groups excluding carboxylic acids is 1. The summed E-state index contributed by atoms with van der Waals surface area (Å²) in [5.41, 5.74) is -4.05. The third kappa shape index (κ3) is 10.2. The Labute approximate surface area is 226 Å². The first-order chi connectivity index (χ1) is 18.2. The molecule has 40 heavy (non-hydrogen) atoms. The predicted octanol–water partition coefficient (Wildman–Crippen LogP) is 6.97. The quantitative estimate of drug-likeness (QED) is 0.165. The van der Waals surface area contributed by atoms with Crippen molar-refractivity contribution in [1.82, 2.24) is 0 Å². The van der Waals surface area contributed by atoms with Crippen LogP contribution in [0, 0.1) is 11.3 Å². The van der Waals surface area contributed by atoms with Crippen molar-refractivity contribution in [2.24, 2.45) is 0 Å². The van der Waals surface area contributed by atoms with E-state index in [1.165, 1.54) is 13.0 Å². The van der Waals surface area contributed by atoms with Gasteiger partial charge in [0.15, 0.2) is 0 Å². The number of nitriles is 1. The van der Waals surface area contributed by atoms with E-state index >= 15 is 0 Å². The van der Waals surface area contributed by atoms with E-state index in [0.717, 1.165) is 12.1 Å².